The van der Waals surface area contributed by atoms with Gasteiger partial charge in [0.05, 0.1) is 26.4 Å². The van der Waals surface area contributed by atoms with Crippen LogP contribution < -0.4 is 0 Å². The summed E-state index contributed by atoms with van der Waals surface area (Å²) in [5.41, 5.74) is 0. The number of rotatable bonds is 41. The number of aliphatic hydroxyl groups excluding tert-OH is 7. The first kappa shape index (κ1) is 58.1. The van der Waals surface area contributed by atoms with Crippen molar-refractivity contribution in [3.63, 3.8) is 0 Å². The monoisotopic (exact) mass is 907 g/mol. The molecule has 2 fully saturated rings. The van der Waals surface area contributed by atoms with Gasteiger partial charge in [-0.1, -0.05) is 187 Å². The van der Waals surface area contributed by atoms with E-state index in [-0.39, 0.29) is 25.6 Å². The number of carbonyl (C=O) groups excluding carboxylic acids is 1. The maximum atomic E-state index is 13.0. The Morgan fingerprint density at radius 3 is 1.29 bits per heavy atom. The first-order valence-corrected chi connectivity index (χ1v) is 25.6. The molecule has 0 amide bonds. The third kappa shape index (κ3) is 26.2. The van der Waals surface area contributed by atoms with Crippen molar-refractivity contribution < 1.29 is 69.0 Å². The minimum absolute atomic E-state index is 0.0700. The van der Waals surface area contributed by atoms with Crippen LogP contribution in [0.25, 0.3) is 0 Å². The molecule has 374 valence electrons. The van der Waals surface area contributed by atoms with Gasteiger partial charge in [0.15, 0.2) is 12.6 Å². The second-order valence-corrected chi connectivity index (χ2v) is 18.4. The topological polar surface area (TPSA) is 214 Å². The third-order valence-electron chi connectivity index (χ3n) is 12.6. The largest absolute Gasteiger partial charge is 0.457 e. The molecule has 11 unspecified atom stereocenters. The smallest absolute Gasteiger partial charge is 0.306 e. The highest BCUT2D eigenvalue weighted by molar-refractivity contribution is 5.69. The quantitative estimate of drug-likeness (QED) is 0.0237. The first-order chi connectivity index (χ1) is 30.6. The lowest BCUT2D eigenvalue weighted by atomic mass is 9.98. The molecule has 0 saturated carbocycles. The van der Waals surface area contributed by atoms with Crippen LogP contribution in [0.1, 0.15) is 206 Å². The van der Waals surface area contributed by atoms with E-state index in [0.717, 1.165) is 38.5 Å². The van der Waals surface area contributed by atoms with Gasteiger partial charge in [0.1, 0.15) is 54.9 Å². The van der Waals surface area contributed by atoms with Gasteiger partial charge in [0.2, 0.25) is 0 Å². The van der Waals surface area contributed by atoms with Gasteiger partial charge in [-0.3, -0.25) is 4.79 Å². The number of hydrogen-bond acceptors (Lipinski definition) is 14. The highest BCUT2D eigenvalue weighted by atomic mass is 16.7. The third-order valence-corrected chi connectivity index (χ3v) is 12.6. The molecule has 0 bridgehead atoms. The molecule has 2 aliphatic heterocycles. The summed E-state index contributed by atoms with van der Waals surface area (Å²) in [6.45, 7) is 3.72. The van der Waals surface area contributed by atoms with Gasteiger partial charge in [-0.15, -0.1) is 0 Å². The van der Waals surface area contributed by atoms with Crippen LogP contribution in [-0.4, -0.2) is 142 Å². The Labute approximate surface area is 381 Å². The van der Waals surface area contributed by atoms with Crippen molar-refractivity contribution in [2.24, 2.45) is 0 Å². The lowest BCUT2D eigenvalue weighted by molar-refractivity contribution is -0.332. The lowest BCUT2D eigenvalue weighted by Crippen LogP contribution is -2.61. The van der Waals surface area contributed by atoms with Gasteiger partial charge >= 0.3 is 5.97 Å². The summed E-state index contributed by atoms with van der Waals surface area (Å²) in [5, 5.41) is 72.0. The van der Waals surface area contributed by atoms with Crippen molar-refractivity contribution in [3.8, 4) is 0 Å². The molecule has 14 heteroatoms. The SMILES string of the molecule is CCCCCCCCCCCCCCCCCCCCOCC(COC1OC(COC2OC(CO)C(O)C(O)C2O)C(O)C(O)C1O)OC(=O)CCCCCCCCCCCCC. The van der Waals surface area contributed by atoms with Gasteiger partial charge < -0.3 is 64.2 Å². The average molecular weight is 907 g/mol. The van der Waals surface area contributed by atoms with Crippen LogP contribution in [0.5, 0.6) is 0 Å². The molecule has 0 aliphatic carbocycles. The summed E-state index contributed by atoms with van der Waals surface area (Å²) in [6, 6.07) is 0. The fourth-order valence-corrected chi connectivity index (χ4v) is 8.40. The van der Waals surface area contributed by atoms with E-state index in [1.54, 1.807) is 0 Å². The van der Waals surface area contributed by atoms with Crippen molar-refractivity contribution in [2.45, 2.75) is 274 Å². The Morgan fingerprint density at radius 1 is 0.460 bits per heavy atom. The Balaban J connectivity index is 1.74. The van der Waals surface area contributed by atoms with Crippen molar-refractivity contribution in [1.29, 1.82) is 0 Å². The number of ether oxygens (including phenoxy) is 6. The highest BCUT2D eigenvalue weighted by Gasteiger charge is 2.47. The molecule has 14 nitrogen and oxygen atoms in total. The van der Waals surface area contributed by atoms with E-state index in [0.29, 0.717) is 13.0 Å². The van der Waals surface area contributed by atoms with Crippen molar-refractivity contribution in [1.82, 2.24) is 0 Å². The molecule has 11 atom stereocenters. The minimum atomic E-state index is -1.70. The number of aliphatic hydroxyl groups is 7. The second-order valence-electron chi connectivity index (χ2n) is 18.4. The predicted octanol–water partition coefficient (Wildman–Crippen LogP) is 7.30. The van der Waals surface area contributed by atoms with E-state index < -0.39 is 80.7 Å². The summed E-state index contributed by atoms with van der Waals surface area (Å²) in [5.74, 6) is -0.373. The number of unbranched alkanes of at least 4 members (excludes halogenated alkanes) is 27. The van der Waals surface area contributed by atoms with E-state index in [4.69, 9.17) is 28.4 Å². The highest BCUT2D eigenvalue weighted by Crippen LogP contribution is 2.26. The van der Waals surface area contributed by atoms with Crippen LogP contribution >= 0.6 is 0 Å². The summed E-state index contributed by atoms with van der Waals surface area (Å²) in [6.07, 6.45) is 20.3. The zero-order valence-corrected chi connectivity index (χ0v) is 39.6. The Morgan fingerprint density at radius 2 is 0.841 bits per heavy atom. The van der Waals surface area contributed by atoms with E-state index in [9.17, 15) is 40.5 Å². The van der Waals surface area contributed by atoms with E-state index in [2.05, 4.69) is 13.8 Å². The van der Waals surface area contributed by atoms with Gasteiger partial charge in [0.25, 0.3) is 0 Å². The van der Waals surface area contributed by atoms with Crippen molar-refractivity contribution in [3.05, 3.63) is 0 Å². The normalized spacial score (nSPS) is 26.9. The zero-order valence-electron chi connectivity index (χ0n) is 39.6. The van der Waals surface area contributed by atoms with Gasteiger partial charge in [-0.25, -0.2) is 0 Å². The minimum Gasteiger partial charge on any atom is -0.457 e. The molecule has 0 radical (unpaired) electrons. The molecule has 2 aliphatic rings. The molecule has 0 aromatic rings. The van der Waals surface area contributed by atoms with Crippen LogP contribution in [0.15, 0.2) is 0 Å². The van der Waals surface area contributed by atoms with Gasteiger partial charge in [0, 0.05) is 13.0 Å². The second kappa shape index (κ2) is 38.0. The average Bonchev–Trinajstić information content (AvgIpc) is 3.28. The van der Waals surface area contributed by atoms with Crippen LogP contribution in [0.2, 0.25) is 0 Å². The fraction of sp³-hybridized carbons (Fsp3) is 0.980. The van der Waals surface area contributed by atoms with Crippen molar-refractivity contribution >= 4 is 5.97 Å². The molecular formula is C49H94O14. The molecule has 2 rings (SSSR count). The Hall–Kier alpha value is -1.01. The Bertz CT molecular complexity index is 1050. The summed E-state index contributed by atoms with van der Waals surface area (Å²) in [4.78, 5) is 13.0. The molecular weight excluding hydrogens is 813 g/mol. The van der Waals surface area contributed by atoms with Crippen LogP contribution in [0, 0.1) is 0 Å². The number of carbonyl (C=O) groups is 1. The zero-order chi connectivity index (χ0) is 45.9. The molecule has 63 heavy (non-hydrogen) atoms. The maximum absolute atomic E-state index is 13.0. The fourth-order valence-electron chi connectivity index (χ4n) is 8.40. The molecule has 0 spiro atoms. The maximum Gasteiger partial charge on any atom is 0.306 e. The van der Waals surface area contributed by atoms with E-state index in [1.165, 1.54) is 141 Å². The number of esters is 1. The van der Waals surface area contributed by atoms with E-state index in [1.807, 2.05) is 0 Å². The van der Waals surface area contributed by atoms with Gasteiger partial charge in [-0.05, 0) is 12.8 Å². The summed E-state index contributed by atoms with van der Waals surface area (Å²) in [7, 11) is 0. The standard InChI is InChI=1S/C49H94O14/c1-3-5-7-9-11-13-15-16-17-18-19-20-21-23-25-27-29-31-33-58-35-38(61-41(51)32-30-28-26-24-22-14-12-10-8-6-4-2)36-59-48-47(57)45(55)43(53)40(63-48)37-60-49-46(56)44(54)42(52)39(34-50)62-49/h38-40,42-50,52-57H,3-37H2,1-2H3. The van der Waals surface area contributed by atoms with Crippen LogP contribution in [-0.2, 0) is 33.2 Å². The molecule has 2 heterocycles. The molecule has 0 aromatic heterocycles. The molecule has 2 saturated heterocycles. The lowest BCUT2D eigenvalue weighted by Gasteiger charge is -2.42. The number of hydrogen-bond donors (Lipinski definition) is 7. The predicted molar refractivity (Wildman–Crippen MR) is 243 cm³/mol. The van der Waals surface area contributed by atoms with Crippen molar-refractivity contribution in [2.75, 3.05) is 33.0 Å². The molecule has 0 aromatic carbocycles. The van der Waals surface area contributed by atoms with E-state index >= 15 is 0 Å². The Kier molecular flexibility index (Phi) is 35.1. The van der Waals surface area contributed by atoms with Crippen LogP contribution in [0.3, 0.4) is 0 Å². The van der Waals surface area contributed by atoms with Crippen LogP contribution in [0.4, 0.5) is 0 Å². The van der Waals surface area contributed by atoms with Gasteiger partial charge in [-0.2, -0.15) is 0 Å². The molecule has 7 N–H and O–H groups in total. The summed E-state index contributed by atoms with van der Waals surface area (Å²) < 4.78 is 34.2. The summed E-state index contributed by atoms with van der Waals surface area (Å²) >= 11 is 0. The first-order valence-electron chi connectivity index (χ1n) is 25.6.